The van der Waals surface area contributed by atoms with Crippen molar-refractivity contribution in [3.05, 3.63) is 70.6 Å². The molecule has 3 rings (SSSR count). The van der Waals surface area contributed by atoms with Crippen molar-refractivity contribution in [2.24, 2.45) is 7.05 Å². The zero-order chi connectivity index (χ0) is 24.3. The minimum absolute atomic E-state index is 0.0957. The van der Waals surface area contributed by atoms with Gasteiger partial charge in [0.05, 0.1) is 29.9 Å². The molecule has 1 aromatic heterocycles. The summed E-state index contributed by atoms with van der Waals surface area (Å²) in [5, 5.41) is 2.64. The lowest BCUT2D eigenvalue weighted by Gasteiger charge is -2.28. The molecule has 0 saturated heterocycles. The second-order valence-electron chi connectivity index (χ2n) is 7.59. The Bertz CT molecular complexity index is 1300. The number of benzene rings is 2. The van der Waals surface area contributed by atoms with Crippen LogP contribution >= 0.6 is 0 Å². The second kappa shape index (κ2) is 9.53. The number of anilines is 2. The van der Waals surface area contributed by atoms with Crippen LogP contribution in [-0.4, -0.2) is 42.6 Å². The SMILES string of the molecule is CCOc1ccc(N([C@H](C)C(=O)Nc2c(C)n(C)n(-c3ccccc3)c2=O)S(C)(=O)=O)cc1. The lowest BCUT2D eigenvalue weighted by Crippen LogP contribution is -2.45. The molecule has 2 aromatic carbocycles. The van der Waals surface area contributed by atoms with Gasteiger partial charge in [-0.2, -0.15) is 0 Å². The zero-order valence-corrected chi connectivity index (χ0v) is 20.1. The van der Waals surface area contributed by atoms with Gasteiger partial charge in [-0.15, -0.1) is 0 Å². The van der Waals surface area contributed by atoms with Crippen LogP contribution in [0.3, 0.4) is 0 Å². The molecule has 1 atom stereocenters. The number of nitrogens with one attached hydrogen (secondary N) is 1. The van der Waals surface area contributed by atoms with Gasteiger partial charge in [-0.3, -0.25) is 18.6 Å². The number of carbonyl (C=O) groups is 1. The van der Waals surface area contributed by atoms with Crippen LogP contribution in [0.15, 0.2) is 59.4 Å². The number of para-hydroxylation sites is 1. The van der Waals surface area contributed by atoms with E-state index in [9.17, 15) is 18.0 Å². The molecule has 0 aliphatic carbocycles. The molecule has 176 valence electrons. The Balaban J connectivity index is 1.93. The number of amides is 1. The van der Waals surface area contributed by atoms with E-state index < -0.39 is 27.5 Å². The summed E-state index contributed by atoms with van der Waals surface area (Å²) < 4.78 is 34.6. The van der Waals surface area contributed by atoms with Gasteiger partial charge in [0.15, 0.2) is 0 Å². The normalized spacial score (nSPS) is 12.3. The lowest BCUT2D eigenvalue weighted by atomic mass is 10.2. The van der Waals surface area contributed by atoms with E-state index in [-0.39, 0.29) is 5.69 Å². The highest BCUT2D eigenvalue weighted by atomic mass is 32.2. The molecule has 33 heavy (non-hydrogen) atoms. The first kappa shape index (κ1) is 24.1. The summed E-state index contributed by atoms with van der Waals surface area (Å²) in [6, 6.07) is 14.4. The predicted molar refractivity (Wildman–Crippen MR) is 129 cm³/mol. The summed E-state index contributed by atoms with van der Waals surface area (Å²) in [6.07, 6.45) is 1.03. The monoisotopic (exact) mass is 472 g/mol. The second-order valence-corrected chi connectivity index (χ2v) is 9.45. The first-order chi connectivity index (χ1) is 15.6. The van der Waals surface area contributed by atoms with Crippen LogP contribution < -0.4 is 19.9 Å². The van der Waals surface area contributed by atoms with E-state index in [2.05, 4.69) is 5.32 Å². The van der Waals surface area contributed by atoms with Crippen molar-refractivity contribution in [3.8, 4) is 11.4 Å². The molecule has 1 N–H and O–H groups in total. The van der Waals surface area contributed by atoms with Gasteiger partial charge >= 0.3 is 0 Å². The third-order valence-electron chi connectivity index (χ3n) is 5.29. The molecular weight excluding hydrogens is 444 g/mol. The maximum atomic E-state index is 13.1. The molecule has 0 saturated carbocycles. The average molecular weight is 473 g/mol. The average Bonchev–Trinajstić information content (AvgIpc) is 2.98. The van der Waals surface area contributed by atoms with E-state index >= 15 is 0 Å². The Kier molecular flexibility index (Phi) is 6.97. The third-order valence-corrected chi connectivity index (χ3v) is 6.53. The zero-order valence-electron chi connectivity index (χ0n) is 19.3. The van der Waals surface area contributed by atoms with Crippen LogP contribution in [0, 0.1) is 6.92 Å². The molecule has 0 bridgehead atoms. The largest absolute Gasteiger partial charge is 0.494 e. The molecular formula is C23H28N4O5S. The molecule has 0 unspecified atom stereocenters. The van der Waals surface area contributed by atoms with Gasteiger partial charge < -0.3 is 10.1 Å². The van der Waals surface area contributed by atoms with Crippen molar-refractivity contribution in [1.82, 2.24) is 9.36 Å². The van der Waals surface area contributed by atoms with Crippen molar-refractivity contribution in [2.75, 3.05) is 22.5 Å². The standard InChI is InChI=1S/C23H28N4O5S/c1-6-32-20-14-12-19(13-15-20)27(33(5,30)31)17(3)22(28)24-21-16(2)25(4)26(23(21)29)18-10-8-7-9-11-18/h7-15,17H,6H2,1-5H3,(H,24,28)/t17-/m1/s1. The molecule has 0 radical (unpaired) electrons. The topological polar surface area (TPSA) is 103 Å². The maximum absolute atomic E-state index is 13.1. The molecule has 0 spiro atoms. The van der Waals surface area contributed by atoms with Crippen LogP contribution in [0.25, 0.3) is 5.69 Å². The molecule has 1 amide bonds. The summed E-state index contributed by atoms with van der Waals surface area (Å²) in [5.74, 6) is -0.0338. The van der Waals surface area contributed by atoms with Crippen molar-refractivity contribution < 1.29 is 17.9 Å². The Morgan fingerprint density at radius 3 is 2.27 bits per heavy atom. The van der Waals surface area contributed by atoms with Crippen molar-refractivity contribution in [2.45, 2.75) is 26.8 Å². The van der Waals surface area contributed by atoms with Gasteiger partial charge in [0.1, 0.15) is 17.5 Å². The molecule has 9 nitrogen and oxygen atoms in total. The van der Waals surface area contributed by atoms with Crippen LogP contribution in [0.2, 0.25) is 0 Å². The van der Waals surface area contributed by atoms with E-state index in [1.165, 1.54) is 11.6 Å². The van der Waals surface area contributed by atoms with Gasteiger partial charge in [-0.05, 0) is 57.2 Å². The summed E-state index contributed by atoms with van der Waals surface area (Å²) in [6.45, 7) is 5.51. The van der Waals surface area contributed by atoms with Crippen LogP contribution in [0.1, 0.15) is 19.5 Å². The number of ether oxygens (including phenoxy) is 1. The molecule has 0 fully saturated rings. The molecule has 3 aromatic rings. The number of aromatic nitrogens is 2. The van der Waals surface area contributed by atoms with E-state index in [0.717, 1.165) is 10.6 Å². The van der Waals surface area contributed by atoms with Gasteiger partial charge in [-0.1, -0.05) is 18.2 Å². The number of sulfonamides is 1. The first-order valence-corrected chi connectivity index (χ1v) is 12.3. The number of rotatable bonds is 8. The summed E-state index contributed by atoms with van der Waals surface area (Å²) in [4.78, 5) is 26.2. The van der Waals surface area contributed by atoms with E-state index in [1.54, 1.807) is 55.1 Å². The van der Waals surface area contributed by atoms with Crippen molar-refractivity contribution >= 4 is 27.3 Å². The summed E-state index contributed by atoms with van der Waals surface area (Å²) in [7, 11) is -2.09. The molecule has 10 heteroatoms. The van der Waals surface area contributed by atoms with Gasteiger partial charge in [0.2, 0.25) is 15.9 Å². The van der Waals surface area contributed by atoms with E-state index in [1.807, 2.05) is 25.1 Å². The minimum Gasteiger partial charge on any atom is -0.494 e. The summed E-state index contributed by atoms with van der Waals surface area (Å²) in [5.41, 5.74) is 1.19. The van der Waals surface area contributed by atoms with Crippen LogP contribution in [-0.2, 0) is 21.9 Å². The highest BCUT2D eigenvalue weighted by molar-refractivity contribution is 7.92. The van der Waals surface area contributed by atoms with E-state index in [0.29, 0.717) is 29.4 Å². The van der Waals surface area contributed by atoms with E-state index in [4.69, 9.17) is 4.74 Å². The highest BCUT2D eigenvalue weighted by Crippen LogP contribution is 2.25. The van der Waals surface area contributed by atoms with Gasteiger partial charge in [0.25, 0.3) is 5.56 Å². The number of hydrogen-bond acceptors (Lipinski definition) is 5. The Labute approximate surface area is 193 Å². The molecule has 0 aliphatic rings. The van der Waals surface area contributed by atoms with Crippen LogP contribution in [0.5, 0.6) is 5.75 Å². The quantitative estimate of drug-likeness (QED) is 0.543. The third kappa shape index (κ3) is 4.95. The smallest absolute Gasteiger partial charge is 0.295 e. The van der Waals surface area contributed by atoms with Gasteiger partial charge in [-0.25, -0.2) is 13.1 Å². The molecule has 1 heterocycles. The Hall–Kier alpha value is -3.53. The van der Waals surface area contributed by atoms with Gasteiger partial charge in [0, 0.05) is 7.05 Å². The number of carbonyl (C=O) groups excluding carboxylic acids is 1. The number of hydrogen-bond donors (Lipinski definition) is 1. The number of nitrogens with zero attached hydrogens (tertiary/aromatic N) is 3. The Morgan fingerprint density at radius 2 is 1.73 bits per heavy atom. The minimum atomic E-state index is -3.80. The maximum Gasteiger partial charge on any atom is 0.295 e. The lowest BCUT2D eigenvalue weighted by molar-refractivity contribution is -0.116. The fourth-order valence-electron chi connectivity index (χ4n) is 3.60. The predicted octanol–water partition coefficient (Wildman–Crippen LogP) is 2.68. The first-order valence-electron chi connectivity index (χ1n) is 10.4. The fourth-order valence-corrected chi connectivity index (χ4v) is 4.78. The highest BCUT2D eigenvalue weighted by Gasteiger charge is 2.30. The fraction of sp³-hybridized carbons (Fsp3) is 0.304. The molecule has 0 aliphatic heterocycles. The summed E-state index contributed by atoms with van der Waals surface area (Å²) >= 11 is 0. The van der Waals surface area contributed by atoms with Crippen molar-refractivity contribution in [3.63, 3.8) is 0 Å². The van der Waals surface area contributed by atoms with Crippen LogP contribution in [0.4, 0.5) is 11.4 Å². The Morgan fingerprint density at radius 1 is 1.12 bits per heavy atom. The van der Waals surface area contributed by atoms with Crippen molar-refractivity contribution in [1.29, 1.82) is 0 Å².